The topological polar surface area (TPSA) is 27.0 Å². The summed E-state index contributed by atoms with van der Waals surface area (Å²) in [5.74, 6) is -0.339. The maximum absolute atomic E-state index is 13.2. The van der Waals surface area contributed by atoms with Crippen molar-refractivity contribution in [1.29, 1.82) is 5.26 Å². The molecule has 0 saturated carbocycles. The molecule has 0 radical (unpaired) electrons. The fraction of sp³-hybridized carbons (Fsp3) is 0.462. The van der Waals surface area contributed by atoms with Crippen molar-refractivity contribution in [2.24, 2.45) is 0 Å². The molecule has 0 bridgehead atoms. The Morgan fingerprint density at radius 1 is 1.38 bits per heavy atom. The molecule has 1 aromatic carbocycles. The molecule has 0 amide bonds. The molecule has 1 aromatic rings. The third-order valence-electron chi connectivity index (χ3n) is 2.61. The molecule has 0 fully saturated rings. The molecule has 0 aliphatic carbocycles. The van der Waals surface area contributed by atoms with Crippen LogP contribution in [0, 0.1) is 17.1 Å². The van der Waals surface area contributed by atoms with Crippen LogP contribution in [0.3, 0.4) is 0 Å². The molecule has 0 aromatic heterocycles. The minimum Gasteiger partial charge on any atom is -0.297 e. The van der Waals surface area contributed by atoms with Crippen molar-refractivity contribution in [1.82, 2.24) is 4.90 Å². The summed E-state index contributed by atoms with van der Waals surface area (Å²) in [6.07, 6.45) is 0. The molecule has 0 atom stereocenters. The van der Waals surface area contributed by atoms with Crippen LogP contribution in [0.1, 0.15) is 31.9 Å². The summed E-state index contributed by atoms with van der Waals surface area (Å²) in [4.78, 5) is 2.22. The second kappa shape index (κ2) is 5.62. The van der Waals surface area contributed by atoms with E-state index in [1.807, 2.05) is 6.07 Å². The summed E-state index contributed by atoms with van der Waals surface area (Å²) in [7, 11) is 0. The van der Waals surface area contributed by atoms with Gasteiger partial charge in [0.2, 0.25) is 0 Å². The van der Waals surface area contributed by atoms with Gasteiger partial charge in [-0.25, -0.2) is 4.39 Å². The molecule has 0 saturated heterocycles. The van der Waals surface area contributed by atoms with Gasteiger partial charge in [-0.2, -0.15) is 5.26 Å². The highest BCUT2D eigenvalue weighted by atomic mass is 19.1. The smallest absolute Gasteiger partial charge is 0.124 e. The number of benzene rings is 1. The highest BCUT2D eigenvalue weighted by Gasteiger charge is 2.09. The Morgan fingerprint density at radius 2 is 2.06 bits per heavy atom. The Morgan fingerprint density at radius 3 is 2.56 bits per heavy atom. The summed E-state index contributed by atoms with van der Waals surface area (Å²) in [5, 5.41) is 8.76. The van der Waals surface area contributed by atoms with Crippen LogP contribution in [0.25, 0.3) is 0 Å². The molecule has 3 heteroatoms. The highest BCUT2D eigenvalue weighted by Crippen LogP contribution is 2.12. The number of hydrogen-bond acceptors (Lipinski definition) is 2. The fourth-order valence-electron chi connectivity index (χ4n) is 1.70. The van der Waals surface area contributed by atoms with Gasteiger partial charge < -0.3 is 0 Å². The Hall–Kier alpha value is -1.40. The van der Waals surface area contributed by atoms with Gasteiger partial charge >= 0.3 is 0 Å². The van der Waals surface area contributed by atoms with Crippen LogP contribution >= 0.6 is 0 Å². The summed E-state index contributed by atoms with van der Waals surface area (Å²) in [6.45, 7) is 7.88. The molecular formula is C13H17FN2. The van der Waals surface area contributed by atoms with Crippen molar-refractivity contribution in [2.45, 2.75) is 33.4 Å². The molecular weight excluding hydrogens is 203 g/mol. The first-order chi connectivity index (χ1) is 7.56. The van der Waals surface area contributed by atoms with Gasteiger partial charge in [0.1, 0.15) is 5.82 Å². The maximum Gasteiger partial charge on any atom is 0.124 e. The fourth-order valence-corrected chi connectivity index (χ4v) is 1.70. The molecule has 0 aliphatic rings. The predicted molar refractivity (Wildman–Crippen MR) is 62.3 cm³/mol. The minimum absolute atomic E-state index is 0.339. The first-order valence-electron chi connectivity index (χ1n) is 5.50. The highest BCUT2D eigenvalue weighted by molar-refractivity contribution is 5.33. The SMILES string of the molecule is CCN(Cc1cc(F)cc(C#N)c1)C(C)C. The zero-order valence-corrected chi connectivity index (χ0v) is 10.00. The molecule has 0 aliphatic heterocycles. The van der Waals surface area contributed by atoms with Crippen LogP contribution in [-0.2, 0) is 6.54 Å². The van der Waals surface area contributed by atoms with Crippen molar-refractivity contribution in [2.75, 3.05) is 6.54 Å². The van der Waals surface area contributed by atoms with E-state index in [4.69, 9.17) is 5.26 Å². The Bertz CT molecular complexity index is 393. The monoisotopic (exact) mass is 220 g/mol. The van der Waals surface area contributed by atoms with Gasteiger partial charge in [-0.15, -0.1) is 0 Å². The lowest BCUT2D eigenvalue weighted by Crippen LogP contribution is -2.29. The predicted octanol–water partition coefficient (Wildman–Crippen LogP) is 2.93. The standard InChI is InChI=1S/C13H17FN2/c1-4-16(10(2)3)9-12-5-11(8-15)6-13(14)7-12/h5-7,10H,4,9H2,1-3H3. The molecule has 2 nitrogen and oxygen atoms in total. The average molecular weight is 220 g/mol. The molecule has 0 heterocycles. The number of halogens is 1. The average Bonchev–Trinajstić information content (AvgIpc) is 2.24. The van der Waals surface area contributed by atoms with E-state index in [9.17, 15) is 4.39 Å². The summed E-state index contributed by atoms with van der Waals surface area (Å²) in [5.41, 5.74) is 1.24. The third-order valence-corrected chi connectivity index (χ3v) is 2.61. The second-order valence-electron chi connectivity index (χ2n) is 4.12. The Kier molecular flexibility index (Phi) is 4.45. The van der Waals surface area contributed by atoms with Crippen molar-refractivity contribution >= 4 is 0 Å². The van der Waals surface area contributed by atoms with Crippen molar-refractivity contribution in [3.05, 3.63) is 35.1 Å². The van der Waals surface area contributed by atoms with E-state index < -0.39 is 0 Å². The van der Waals surface area contributed by atoms with Gasteiger partial charge in [0, 0.05) is 12.6 Å². The van der Waals surface area contributed by atoms with Crippen LogP contribution in [0.4, 0.5) is 4.39 Å². The first kappa shape index (κ1) is 12.7. The van der Waals surface area contributed by atoms with Crippen molar-refractivity contribution in [3.63, 3.8) is 0 Å². The minimum atomic E-state index is -0.339. The first-order valence-corrected chi connectivity index (χ1v) is 5.50. The lowest BCUT2D eigenvalue weighted by molar-refractivity contribution is 0.224. The van der Waals surface area contributed by atoms with E-state index in [2.05, 4.69) is 25.7 Å². The third kappa shape index (κ3) is 3.32. The molecule has 16 heavy (non-hydrogen) atoms. The molecule has 0 unspecified atom stereocenters. The molecule has 86 valence electrons. The Labute approximate surface area is 96.3 Å². The van der Waals surface area contributed by atoms with Crippen LogP contribution in [0.15, 0.2) is 18.2 Å². The summed E-state index contributed by atoms with van der Waals surface area (Å²) in [6, 6.07) is 6.88. The van der Waals surface area contributed by atoms with Crippen molar-refractivity contribution in [3.8, 4) is 6.07 Å². The van der Waals surface area contributed by atoms with Gasteiger partial charge in [-0.3, -0.25) is 4.90 Å². The van der Waals surface area contributed by atoms with Gasteiger partial charge in [0.15, 0.2) is 0 Å². The number of nitrogens with zero attached hydrogens (tertiary/aromatic N) is 2. The Balaban J connectivity index is 2.88. The largest absolute Gasteiger partial charge is 0.297 e. The summed E-state index contributed by atoms with van der Waals surface area (Å²) < 4.78 is 13.2. The van der Waals surface area contributed by atoms with Crippen LogP contribution in [-0.4, -0.2) is 17.5 Å². The van der Waals surface area contributed by atoms with E-state index in [1.165, 1.54) is 12.1 Å². The van der Waals surface area contributed by atoms with E-state index in [-0.39, 0.29) is 5.82 Å². The van der Waals surface area contributed by atoms with Crippen molar-refractivity contribution < 1.29 is 4.39 Å². The van der Waals surface area contributed by atoms with Gasteiger partial charge in [-0.1, -0.05) is 6.92 Å². The van der Waals surface area contributed by atoms with E-state index in [1.54, 1.807) is 6.07 Å². The van der Waals surface area contributed by atoms with E-state index in [0.29, 0.717) is 18.2 Å². The maximum atomic E-state index is 13.2. The number of rotatable bonds is 4. The zero-order valence-electron chi connectivity index (χ0n) is 10.00. The van der Waals surface area contributed by atoms with Crippen LogP contribution in [0.5, 0.6) is 0 Å². The quantitative estimate of drug-likeness (QED) is 0.780. The molecule has 0 spiro atoms. The number of hydrogen-bond donors (Lipinski definition) is 0. The van der Waals surface area contributed by atoms with Crippen LogP contribution in [0.2, 0.25) is 0 Å². The molecule has 0 N–H and O–H groups in total. The summed E-state index contributed by atoms with van der Waals surface area (Å²) >= 11 is 0. The normalized spacial score (nSPS) is 10.8. The van der Waals surface area contributed by atoms with E-state index >= 15 is 0 Å². The van der Waals surface area contributed by atoms with Gasteiger partial charge in [0.05, 0.1) is 11.6 Å². The van der Waals surface area contributed by atoms with Gasteiger partial charge in [-0.05, 0) is 44.2 Å². The van der Waals surface area contributed by atoms with Crippen LogP contribution < -0.4 is 0 Å². The number of nitriles is 1. The second-order valence-corrected chi connectivity index (χ2v) is 4.12. The van der Waals surface area contributed by atoms with Gasteiger partial charge in [0.25, 0.3) is 0 Å². The zero-order chi connectivity index (χ0) is 12.1. The van der Waals surface area contributed by atoms with E-state index in [0.717, 1.165) is 12.1 Å². The lowest BCUT2D eigenvalue weighted by atomic mass is 10.1. The molecule has 1 rings (SSSR count). The lowest BCUT2D eigenvalue weighted by Gasteiger charge is -2.24.